The van der Waals surface area contributed by atoms with Gasteiger partial charge in [0.05, 0.1) is 6.42 Å². The van der Waals surface area contributed by atoms with Gasteiger partial charge in [-0.05, 0) is 19.9 Å². The van der Waals surface area contributed by atoms with Crippen LogP contribution >= 0.6 is 11.3 Å². The molecule has 0 unspecified atom stereocenters. The number of fused-ring (bicyclic) bond motifs is 1. The minimum Gasteiger partial charge on any atom is -0.353 e. The molecule has 19 heavy (non-hydrogen) atoms. The molecule has 4 heteroatoms. The van der Waals surface area contributed by atoms with E-state index in [9.17, 15) is 0 Å². The van der Waals surface area contributed by atoms with Gasteiger partial charge in [0.2, 0.25) is 10.5 Å². The van der Waals surface area contributed by atoms with E-state index in [1.165, 1.54) is 15.2 Å². The summed E-state index contributed by atoms with van der Waals surface area (Å²) in [5.41, 5.74) is 1.30. The van der Waals surface area contributed by atoms with Gasteiger partial charge in [-0.15, -0.1) is 0 Å². The van der Waals surface area contributed by atoms with E-state index in [4.69, 9.17) is 9.47 Å². The van der Waals surface area contributed by atoms with Crippen molar-refractivity contribution in [2.24, 2.45) is 0 Å². The molecule has 0 saturated heterocycles. The average molecular weight is 280 g/mol. The molecule has 1 aromatic carbocycles. The van der Waals surface area contributed by atoms with Gasteiger partial charge in [-0.1, -0.05) is 23.5 Å². The first kappa shape index (κ1) is 14.4. The Hall–Kier alpha value is -0.970. The molecule has 0 aliphatic rings. The van der Waals surface area contributed by atoms with Gasteiger partial charge in [-0.2, -0.15) is 4.57 Å². The van der Waals surface area contributed by atoms with E-state index in [0.29, 0.717) is 13.2 Å². The predicted octanol–water partition coefficient (Wildman–Crippen LogP) is 3.29. The molecule has 2 rings (SSSR count). The van der Waals surface area contributed by atoms with E-state index in [2.05, 4.69) is 35.8 Å². The fourth-order valence-corrected chi connectivity index (χ4v) is 3.30. The highest BCUT2D eigenvalue weighted by molar-refractivity contribution is 7.18. The molecule has 0 radical (unpaired) electrons. The number of rotatable bonds is 7. The van der Waals surface area contributed by atoms with Crippen LogP contribution in [0.4, 0.5) is 0 Å². The summed E-state index contributed by atoms with van der Waals surface area (Å²) in [4.78, 5) is 0. The molecule has 3 nitrogen and oxygen atoms in total. The fourth-order valence-electron chi connectivity index (χ4n) is 2.25. The van der Waals surface area contributed by atoms with Crippen molar-refractivity contribution in [3.63, 3.8) is 0 Å². The maximum atomic E-state index is 5.60. The minimum absolute atomic E-state index is 0.0967. The predicted molar refractivity (Wildman–Crippen MR) is 78.4 cm³/mol. The van der Waals surface area contributed by atoms with Crippen LogP contribution in [0.3, 0.4) is 0 Å². The smallest absolute Gasteiger partial charge is 0.235 e. The second-order valence-electron chi connectivity index (χ2n) is 4.37. The van der Waals surface area contributed by atoms with Crippen LogP contribution in [0, 0.1) is 6.92 Å². The lowest BCUT2D eigenvalue weighted by atomic mass is 10.3. The molecule has 0 aliphatic heterocycles. The monoisotopic (exact) mass is 280 g/mol. The van der Waals surface area contributed by atoms with E-state index in [1.807, 2.05) is 25.2 Å². The summed E-state index contributed by atoms with van der Waals surface area (Å²) in [5.74, 6) is 0. The molecule has 1 heterocycles. The number of ether oxygens (including phenoxy) is 2. The maximum Gasteiger partial charge on any atom is 0.235 e. The Morgan fingerprint density at radius 1 is 1.16 bits per heavy atom. The summed E-state index contributed by atoms with van der Waals surface area (Å²) in [6.07, 6.45) is 0.786. The number of aromatic nitrogens is 1. The number of nitrogens with zero attached hydrogens (tertiary/aromatic N) is 1. The third-order valence-corrected chi connectivity index (χ3v) is 4.17. The number of hydrogen-bond acceptors (Lipinski definition) is 3. The molecule has 2 aromatic rings. The third-order valence-electron chi connectivity index (χ3n) is 3.09. The Morgan fingerprint density at radius 2 is 1.84 bits per heavy atom. The number of hydrogen-bond donors (Lipinski definition) is 0. The highest BCUT2D eigenvalue weighted by Gasteiger charge is 2.18. The van der Waals surface area contributed by atoms with Gasteiger partial charge in [0.15, 0.2) is 12.8 Å². The molecule has 0 saturated carbocycles. The molecule has 0 aliphatic carbocycles. The standard InChI is InChI=1S/C15H22NO2S/c1-4-17-15(18-5-2)10-11-16-12(3)19-14-9-7-6-8-13(14)16/h6-9,15H,4-5,10-11H2,1-3H3/q+1. The lowest BCUT2D eigenvalue weighted by molar-refractivity contribution is -0.675. The molecule has 0 bridgehead atoms. The summed E-state index contributed by atoms with van der Waals surface area (Å²) >= 11 is 1.84. The van der Waals surface area contributed by atoms with Crippen LogP contribution in [0.25, 0.3) is 10.2 Å². The Morgan fingerprint density at radius 3 is 2.53 bits per heavy atom. The quantitative estimate of drug-likeness (QED) is 0.573. The first-order valence-corrected chi connectivity index (χ1v) is 7.69. The van der Waals surface area contributed by atoms with Crippen LogP contribution in [-0.4, -0.2) is 19.5 Å². The maximum absolute atomic E-state index is 5.60. The molecule has 104 valence electrons. The number of thiazole rings is 1. The second kappa shape index (κ2) is 6.98. The van der Waals surface area contributed by atoms with Crippen LogP contribution in [0.2, 0.25) is 0 Å². The third kappa shape index (κ3) is 3.53. The van der Waals surface area contributed by atoms with Gasteiger partial charge in [0, 0.05) is 26.2 Å². The zero-order chi connectivity index (χ0) is 13.7. The molecule has 0 N–H and O–H groups in total. The van der Waals surface area contributed by atoms with E-state index in [0.717, 1.165) is 13.0 Å². The lowest BCUT2D eigenvalue weighted by Gasteiger charge is -2.15. The topological polar surface area (TPSA) is 22.3 Å². The average Bonchev–Trinajstić information content (AvgIpc) is 2.72. The highest BCUT2D eigenvalue weighted by Crippen LogP contribution is 2.19. The van der Waals surface area contributed by atoms with Crippen molar-refractivity contribution in [1.29, 1.82) is 0 Å². The Kier molecular flexibility index (Phi) is 5.31. The largest absolute Gasteiger partial charge is 0.353 e. The molecule has 0 spiro atoms. The number of aryl methyl sites for hydroxylation is 2. The summed E-state index contributed by atoms with van der Waals surface area (Å²) in [6.45, 7) is 8.49. The van der Waals surface area contributed by atoms with Gasteiger partial charge >= 0.3 is 0 Å². The second-order valence-corrected chi connectivity index (χ2v) is 5.60. The van der Waals surface area contributed by atoms with E-state index < -0.39 is 0 Å². The zero-order valence-corrected chi connectivity index (χ0v) is 12.7. The van der Waals surface area contributed by atoms with Gasteiger partial charge in [0.25, 0.3) is 0 Å². The van der Waals surface area contributed by atoms with Crippen molar-refractivity contribution < 1.29 is 14.0 Å². The summed E-state index contributed by atoms with van der Waals surface area (Å²) < 4.78 is 14.9. The van der Waals surface area contributed by atoms with Crippen molar-refractivity contribution >= 4 is 21.6 Å². The first-order chi connectivity index (χ1) is 9.26. The van der Waals surface area contributed by atoms with Crippen molar-refractivity contribution in [2.75, 3.05) is 13.2 Å². The Labute approximate surface area is 118 Å². The van der Waals surface area contributed by atoms with E-state index in [-0.39, 0.29) is 6.29 Å². The van der Waals surface area contributed by atoms with Crippen molar-refractivity contribution in [3.8, 4) is 0 Å². The van der Waals surface area contributed by atoms with E-state index in [1.54, 1.807) is 0 Å². The molecule has 0 amide bonds. The normalized spacial score (nSPS) is 11.6. The number of para-hydroxylation sites is 1. The lowest BCUT2D eigenvalue weighted by Crippen LogP contribution is -2.37. The van der Waals surface area contributed by atoms with Gasteiger partial charge in [0.1, 0.15) is 4.70 Å². The van der Waals surface area contributed by atoms with Gasteiger partial charge in [-0.25, -0.2) is 0 Å². The van der Waals surface area contributed by atoms with Crippen LogP contribution in [0.15, 0.2) is 24.3 Å². The van der Waals surface area contributed by atoms with E-state index >= 15 is 0 Å². The van der Waals surface area contributed by atoms with Crippen molar-refractivity contribution in [3.05, 3.63) is 29.3 Å². The van der Waals surface area contributed by atoms with Gasteiger partial charge in [-0.3, -0.25) is 0 Å². The molecule has 0 fully saturated rings. The van der Waals surface area contributed by atoms with Crippen molar-refractivity contribution in [1.82, 2.24) is 0 Å². The summed E-state index contributed by atoms with van der Waals surface area (Å²) in [6, 6.07) is 8.53. The SMILES string of the molecule is CCOC(CC[n+]1c(C)sc2ccccc21)OCC. The highest BCUT2D eigenvalue weighted by atomic mass is 32.1. The van der Waals surface area contributed by atoms with Gasteiger partial charge < -0.3 is 9.47 Å². The Balaban J connectivity index is 2.10. The van der Waals surface area contributed by atoms with Crippen LogP contribution in [-0.2, 0) is 16.0 Å². The number of benzene rings is 1. The van der Waals surface area contributed by atoms with Crippen LogP contribution in [0.5, 0.6) is 0 Å². The zero-order valence-electron chi connectivity index (χ0n) is 11.9. The van der Waals surface area contributed by atoms with Crippen LogP contribution < -0.4 is 4.57 Å². The molecular weight excluding hydrogens is 258 g/mol. The molecular formula is C15H22NO2S+. The summed E-state index contributed by atoms with van der Waals surface area (Å²) in [5, 5.41) is 1.33. The molecule has 0 atom stereocenters. The summed E-state index contributed by atoms with van der Waals surface area (Å²) in [7, 11) is 0. The van der Waals surface area contributed by atoms with Crippen LogP contribution in [0.1, 0.15) is 25.3 Å². The molecule has 1 aromatic heterocycles. The first-order valence-electron chi connectivity index (χ1n) is 6.87. The minimum atomic E-state index is -0.0967. The fraction of sp³-hybridized carbons (Fsp3) is 0.533. The van der Waals surface area contributed by atoms with Crippen molar-refractivity contribution in [2.45, 2.75) is 40.0 Å². The Bertz CT molecular complexity index is 518.